The Hall–Kier alpha value is -2.43. The minimum Gasteiger partial charge on any atom is -0.490 e. The zero-order valence-electron chi connectivity index (χ0n) is 17.3. The molecule has 0 amide bonds. The first-order chi connectivity index (χ1) is 13.6. The molecule has 1 aromatic heterocycles. The molecule has 0 bridgehead atoms. The van der Waals surface area contributed by atoms with E-state index in [9.17, 15) is 4.79 Å². The van der Waals surface area contributed by atoms with Gasteiger partial charge >= 0.3 is 5.97 Å². The van der Waals surface area contributed by atoms with Gasteiger partial charge in [0.15, 0.2) is 11.6 Å². The van der Waals surface area contributed by atoms with Gasteiger partial charge in [0.25, 0.3) is 0 Å². The first-order valence-corrected chi connectivity index (χ1v) is 10.3. The van der Waals surface area contributed by atoms with Gasteiger partial charge in [-0.05, 0) is 18.9 Å². The van der Waals surface area contributed by atoms with Gasteiger partial charge < -0.3 is 9.47 Å². The van der Waals surface area contributed by atoms with Crippen LogP contribution in [0.2, 0.25) is 0 Å². The molecule has 2 rings (SSSR count). The molecule has 0 saturated carbocycles. The summed E-state index contributed by atoms with van der Waals surface area (Å²) in [5, 5.41) is 0. The Morgan fingerprint density at radius 3 is 2.29 bits per heavy atom. The lowest BCUT2D eigenvalue weighted by Crippen LogP contribution is -2.14. The smallest absolute Gasteiger partial charge is 0.302 e. The second-order valence-electron chi connectivity index (χ2n) is 7.18. The van der Waals surface area contributed by atoms with Gasteiger partial charge in [0, 0.05) is 18.9 Å². The maximum absolute atomic E-state index is 11.0. The van der Waals surface area contributed by atoms with E-state index in [-0.39, 0.29) is 12.1 Å². The molecular formula is C23H32N2O3. The van der Waals surface area contributed by atoms with Crippen molar-refractivity contribution in [2.45, 2.75) is 71.8 Å². The molecule has 0 saturated heterocycles. The highest BCUT2D eigenvalue weighted by molar-refractivity contribution is 5.66. The Balaban J connectivity index is 1.78. The van der Waals surface area contributed by atoms with E-state index in [1.165, 1.54) is 39.0 Å². The highest BCUT2D eigenvalue weighted by atomic mass is 16.5. The highest BCUT2D eigenvalue weighted by Crippen LogP contribution is 2.18. The third-order valence-electron chi connectivity index (χ3n) is 4.50. The number of hydrogen-bond donors (Lipinski definition) is 0. The first kappa shape index (κ1) is 21.9. The second kappa shape index (κ2) is 12.1. The van der Waals surface area contributed by atoms with E-state index in [0.29, 0.717) is 24.6 Å². The quantitative estimate of drug-likeness (QED) is 0.363. The van der Waals surface area contributed by atoms with Crippen LogP contribution in [0.3, 0.4) is 0 Å². The molecule has 5 heteroatoms. The van der Waals surface area contributed by atoms with Crippen molar-refractivity contribution in [1.82, 2.24) is 9.97 Å². The number of carbonyl (C=O) groups is 1. The molecule has 0 fully saturated rings. The van der Waals surface area contributed by atoms with Crippen LogP contribution < -0.4 is 4.74 Å². The zero-order valence-corrected chi connectivity index (χ0v) is 17.3. The minimum atomic E-state index is -0.253. The number of carbonyl (C=O) groups excluding carboxylic acids is 1. The lowest BCUT2D eigenvalue weighted by Gasteiger charge is -2.12. The Morgan fingerprint density at radius 1 is 1.00 bits per heavy atom. The monoisotopic (exact) mass is 384 g/mol. The van der Waals surface area contributed by atoms with Gasteiger partial charge in [-0.3, -0.25) is 4.79 Å². The molecule has 0 aliphatic rings. The van der Waals surface area contributed by atoms with Crippen LogP contribution >= 0.6 is 0 Å². The van der Waals surface area contributed by atoms with Crippen LogP contribution in [0.5, 0.6) is 5.75 Å². The van der Waals surface area contributed by atoms with E-state index in [1.807, 2.05) is 31.2 Å². The van der Waals surface area contributed by atoms with Crippen molar-refractivity contribution in [2.75, 3.05) is 6.61 Å². The fraction of sp³-hybridized carbons (Fsp3) is 0.522. The normalized spacial score (nSPS) is 11.8. The summed E-state index contributed by atoms with van der Waals surface area (Å²) >= 11 is 0. The Morgan fingerprint density at radius 2 is 1.64 bits per heavy atom. The summed E-state index contributed by atoms with van der Waals surface area (Å²) in [5.74, 6) is 1.13. The van der Waals surface area contributed by atoms with E-state index in [0.717, 1.165) is 17.5 Å². The molecular weight excluding hydrogens is 352 g/mol. The predicted octanol–water partition coefficient (Wildman–Crippen LogP) is 5.38. The van der Waals surface area contributed by atoms with E-state index in [1.54, 1.807) is 12.4 Å². The van der Waals surface area contributed by atoms with E-state index < -0.39 is 0 Å². The summed E-state index contributed by atoms with van der Waals surface area (Å²) in [5.41, 5.74) is 2.06. The topological polar surface area (TPSA) is 61.3 Å². The fourth-order valence-corrected chi connectivity index (χ4v) is 3.06. The van der Waals surface area contributed by atoms with Crippen LogP contribution in [0.4, 0.5) is 0 Å². The highest BCUT2D eigenvalue weighted by Gasteiger charge is 2.08. The van der Waals surface area contributed by atoms with Crippen molar-refractivity contribution in [3.63, 3.8) is 0 Å². The van der Waals surface area contributed by atoms with Crippen molar-refractivity contribution in [2.24, 2.45) is 0 Å². The number of nitrogens with zero attached hydrogens (tertiary/aromatic N) is 2. The van der Waals surface area contributed by atoms with Crippen molar-refractivity contribution in [3.05, 3.63) is 42.2 Å². The lowest BCUT2D eigenvalue weighted by atomic mass is 10.1. The Bertz CT molecular complexity index is 699. The predicted molar refractivity (Wildman–Crippen MR) is 111 cm³/mol. The van der Waals surface area contributed by atoms with E-state index >= 15 is 0 Å². The summed E-state index contributed by atoms with van der Waals surface area (Å²) in [6, 6.07) is 8.01. The molecule has 0 radical (unpaired) electrons. The van der Waals surface area contributed by atoms with Crippen molar-refractivity contribution in [3.8, 4) is 17.1 Å². The molecule has 2 aromatic rings. The molecule has 1 atom stereocenters. The summed E-state index contributed by atoms with van der Waals surface area (Å²) in [6.45, 7) is 6.26. The molecule has 5 nitrogen and oxygen atoms in total. The molecule has 0 N–H and O–H groups in total. The lowest BCUT2D eigenvalue weighted by molar-refractivity contribution is -0.145. The molecule has 0 spiro atoms. The van der Waals surface area contributed by atoms with Crippen LogP contribution in [0.25, 0.3) is 11.4 Å². The van der Waals surface area contributed by atoms with Crippen molar-refractivity contribution < 1.29 is 14.3 Å². The van der Waals surface area contributed by atoms with E-state index in [2.05, 4.69) is 16.9 Å². The van der Waals surface area contributed by atoms with Gasteiger partial charge in [0.1, 0.15) is 6.10 Å². The molecule has 28 heavy (non-hydrogen) atoms. The number of benzene rings is 1. The Kier molecular flexibility index (Phi) is 9.46. The fourth-order valence-electron chi connectivity index (χ4n) is 3.06. The number of hydrogen-bond acceptors (Lipinski definition) is 5. The molecule has 1 heterocycles. The third kappa shape index (κ3) is 8.07. The van der Waals surface area contributed by atoms with E-state index in [4.69, 9.17) is 9.47 Å². The number of unbranched alkanes of at least 4 members (excludes halogenated alkanes) is 5. The maximum atomic E-state index is 11.0. The average Bonchev–Trinajstić information content (AvgIpc) is 2.68. The van der Waals surface area contributed by atoms with Crippen LogP contribution in [0.1, 0.15) is 64.9 Å². The van der Waals surface area contributed by atoms with Crippen LogP contribution in [-0.4, -0.2) is 28.6 Å². The molecule has 0 aliphatic heterocycles. The van der Waals surface area contributed by atoms with Gasteiger partial charge in [-0.15, -0.1) is 0 Å². The van der Waals surface area contributed by atoms with Crippen LogP contribution in [0.15, 0.2) is 36.7 Å². The molecule has 1 unspecified atom stereocenters. The van der Waals surface area contributed by atoms with Crippen molar-refractivity contribution in [1.29, 1.82) is 0 Å². The standard InChI is InChI=1S/C23H32N2O3/c1-4-5-6-7-8-9-14-27-22-16-24-23(25-17-22)21-12-10-20(11-13-21)15-18(2)28-19(3)26/h10-13,16-18H,4-9,14-15H2,1-3H3. The minimum absolute atomic E-state index is 0.136. The Labute approximate surface area is 168 Å². The third-order valence-corrected chi connectivity index (χ3v) is 4.50. The number of rotatable bonds is 12. The molecule has 1 aromatic carbocycles. The number of ether oxygens (including phenoxy) is 2. The summed E-state index contributed by atoms with van der Waals surface area (Å²) < 4.78 is 10.9. The maximum Gasteiger partial charge on any atom is 0.302 e. The summed E-state index contributed by atoms with van der Waals surface area (Å²) in [7, 11) is 0. The van der Waals surface area contributed by atoms with Gasteiger partial charge in [-0.2, -0.15) is 0 Å². The summed E-state index contributed by atoms with van der Waals surface area (Å²) in [4.78, 5) is 19.8. The largest absolute Gasteiger partial charge is 0.490 e. The second-order valence-corrected chi connectivity index (χ2v) is 7.18. The van der Waals surface area contributed by atoms with Crippen LogP contribution in [-0.2, 0) is 16.0 Å². The SMILES string of the molecule is CCCCCCCCOc1cnc(-c2ccc(CC(C)OC(C)=O)cc2)nc1. The van der Waals surface area contributed by atoms with Gasteiger partial charge in [-0.25, -0.2) is 9.97 Å². The molecule has 152 valence electrons. The average molecular weight is 385 g/mol. The first-order valence-electron chi connectivity index (χ1n) is 10.3. The number of esters is 1. The van der Waals surface area contributed by atoms with Gasteiger partial charge in [0.2, 0.25) is 0 Å². The summed E-state index contributed by atoms with van der Waals surface area (Å²) in [6.07, 6.45) is 11.5. The number of aromatic nitrogens is 2. The van der Waals surface area contributed by atoms with Gasteiger partial charge in [-0.1, -0.05) is 63.3 Å². The molecule has 0 aliphatic carbocycles. The van der Waals surface area contributed by atoms with Crippen molar-refractivity contribution >= 4 is 5.97 Å². The zero-order chi connectivity index (χ0) is 20.2. The van der Waals surface area contributed by atoms with Crippen LogP contribution in [0, 0.1) is 0 Å². The van der Waals surface area contributed by atoms with Gasteiger partial charge in [0.05, 0.1) is 19.0 Å².